The third-order valence-electron chi connectivity index (χ3n) is 3.19. The highest BCUT2D eigenvalue weighted by Gasteiger charge is 2.15. The van der Waals surface area contributed by atoms with Gasteiger partial charge in [0.15, 0.2) is 0 Å². The van der Waals surface area contributed by atoms with Crippen molar-refractivity contribution < 1.29 is 4.74 Å². The molecule has 5 heteroatoms. The molecule has 0 radical (unpaired) electrons. The van der Waals surface area contributed by atoms with E-state index in [0.717, 1.165) is 16.9 Å². The number of likely N-dealkylation sites (N-methyl/N-ethyl adjacent to an activating group) is 1. The van der Waals surface area contributed by atoms with Gasteiger partial charge in [0, 0.05) is 22.3 Å². The lowest BCUT2D eigenvalue weighted by Gasteiger charge is -2.18. The van der Waals surface area contributed by atoms with Gasteiger partial charge in [-0.05, 0) is 42.8 Å². The molecule has 1 unspecified atom stereocenters. The highest BCUT2D eigenvalue weighted by atomic mass is 35.5. The molecule has 0 bridgehead atoms. The van der Waals surface area contributed by atoms with Gasteiger partial charge in [-0.1, -0.05) is 29.3 Å². The molecule has 3 nitrogen and oxygen atoms in total. The summed E-state index contributed by atoms with van der Waals surface area (Å²) in [5.74, 6) is 0.730. The summed E-state index contributed by atoms with van der Waals surface area (Å²) in [6.07, 6.45) is 4.18. The van der Waals surface area contributed by atoms with Gasteiger partial charge in [0.1, 0.15) is 5.75 Å². The molecule has 0 saturated carbocycles. The predicted molar refractivity (Wildman–Crippen MR) is 82.8 cm³/mol. The van der Waals surface area contributed by atoms with Crippen LogP contribution in [0, 0.1) is 0 Å². The SMILES string of the molecule is CNC(Cc1c(Cl)cccc1Cl)c1cncc(OC)c1. The molecular formula is C15H16Cl2N2O. The molecule has 2 rings (SSSR count). The van der Waals surface area contributed by atoms with Crippen molar-refractivity contribution in [1.29, 1.82) is 0 Å². The van der Waals surface area contributed by atoms with Crippen LogP contribution in [-0.2, 0) is 6.42 Å². The molecule has 1 atom stereocenters. The number of halogens is 2. The number of rotatable bonds is 5. The van der Waals surface area contributed by atoms with Crippen LogP contribution in [-0.4, -0.2) is 19.1 Å². The number of nitrogens with zero attached hydrogens (tertiary/aromatic N) is 1. The van der Waals surface area contributed by atoms with Gasteiger partial charge in [0.25, 0.3) is 0 Å². The summed E-state index contributed by atoms with van der Waals surface area (Å²) in [5.41, 5.74) is 1.96. The normalized spacial score (nSPS) is 12.2. The van der Waals surface area contributed by atoms with Crippen LogP contribution < -0.4 is 10.1 Å². The van der Waals surface area contributed by atoms with Gasteiger partial charge in [-0.3, -0.25) is 4.98 Å². The van der Waals surface area contributed by atoms with Gasteiger partial charge in [0.2, 0.25) is 0 Å². The first-order valence-electron chi connectivity index (χ1n) is 6.24. The Kier molecular flexibility index (Phi) is 5.24. The minimum Gasteiger partial charge on any atom is -0.495 e. The first-order chi connectivity index (χ1) is 9.65. The Bertz CT molecular complexity index is 570. The zero-order valence-corrected chi connectivity index (χ0v) is 12.9. The standard InChI is InChI=1S/C15H16Cl2N2O/c1-18-15(10-6-11(20-2)9-19-8-10)7-12-13(16)4-3-5-14(12)17/h3-6,8-9,15,18H,7H2,1-2H3. The second-order valence-electron chi connectivity index (χ2n) is 4.40. The molecule has 2 aromatic rings. The lowest BCUT2D eigenvalue weighted by atomic mass is 10.00. The van der Waals surface area contributed by atoms with E-state index in [9.17, 15) is 0 Å². The summed E-state index contributed by atoms with van der Waals surface area (Å²) in [4.78, 5) is 4.18. The number of benzene rings is 1. The molecule has 20 heavy (non-hydrogen) atoms. The van der Waals surface area contributed by atoms with Crippen molar-refractivity contribution in [3.8, 4) is 5.75 Å². The molecule has 1 heterocycles. The zero-order chi connectivity index (χ0) is 14.5. The minimum atomic E-state index is 0.0648. The van der Waals surface area contributed by atoms with Crippen molar-refractivity contribution in [2.75, 3.05) is 14.2 Å². The summed E-state index contributed by atoms with van der Waals surface area (Å²) in [7, 11) is 3.52. The first-order valence-corrected chi connectivity index (χ1v) is 7.00. The number of pyridine rings is 1. The van der Waals surface area contributed by atoms with Crippen molar-refractivity contribution in [3.63, 3.8) is 0 Å². The van der Waals surface area contributed by atoms with Crippen molar-refractivity contribution >= 4 is 23.2 Å². The molecule has 1 aromatic heterocycles. The van der Waals surface area contributed by atoms with E-state index in [-0.39, 0.29) is 6.04 Å². The maximum Gasteiger partial charge on any atom is 0.137 e. The van der Waals surface area contributed by atoms with Crippen molar-refractivity contribution in [3.05, 3.63) is 57.8 Å². The van der Waals surface area contributed by atoms with Crippen LogP contribution in [0.15, 0.2) is 36.7 Å². The Hall–Kier alpha value is -1.29. The monoisotopic (exact) mass is 310 g/mol. The van der Waals surface area contributed by atoms with Crippen LogP contribution in [0.1, 0.15) is 17.2 Å². The van der Waals surface area contributed by atoms with Gasteiger partial charge < -0.3 is 10.1 Å². The second-order valence-corrected chi connectivity index (χ2v) is 5.22. The van der Waals surface area contributed by atoms with E-state index < -0.39 is 0 Å². The molecule has 0 aliphatic carbocycles. The Balaban J connectivity index is 2.29. The van der Waals surface area contributed by atoms with Gasteiger partial charge in [-0.15, -0.1) is 0 Å². The minimum absolute atomic E-state index is 0.0648. The average molecular weight is 311 g/mol. The lowest BCUT2D eigenvalue weighted by Crippen LogP contribution is -2.19. The highest BCUT2D eigenvalue weighted by molar-refractivity contribution is 6.36. The Morgan fingerprint density at radius 2 is 1.95 bits per heavy atom. The summed E-state index contributed by atoms with van der Waals surface area (Å²) < 4.78 is 5.20. The van der Waals surface area contributed by atoms with Gasteiger partial charge in [0.05, 0.1) is 13.3 Å². The zero-order valence-electron chi connectivity index (χ0n) is 11.4. The molecule has 0 amide bonds. The lowest BCUT2D eigenvalue weighted by molar-refractivity contribution is 0.411. The first kappa shape index (κ1) is 15.1. The molecule has 0 aliphatic rings. The molecule has 106 valence electrons. The predicted octanol–water partition coefficient (Wildman–Crippen LogP) is 3.90. The Morgan fingerprint density at radius 3 is 2.55 bits per heavy atom. The van der Waals surface area contributed by atoms with E-state index >= 15 is 0 Å². The third kappa shape index (κ3) is 3.42. The fourth-order valence-electron chi connectivity index (χ4n) is 2.06. The number of hydrogen-bond acceptors (Lipinski definition) is 3. The van der Waals surface area contributed by atoms with E-state index in [0.29, 0.717) is 16.5 Å². The molecule has 1 aromatic carbocycles. The molecule has 0 aliphatic heterocycles. The summed E-state index contributed by atoms with van der Waals surface area (Å²) >= 11 is 12.4. The number of aromatic nitrogens is 1. The van der Waals surface area contributed by atoms with Gasteiger partial charge in [-0.25, -0.2) is 0 Å². The summed E-state index contributed by atoms with van der Waals surface area (Å²) in [5, 5.41) is 4.61. The maximum absolute atomic E-state index is 6.22. The van der Waals surface area contributed by atoms with E-state index in [4.69, 9.17) is 27.9 Å². The maximum atomic E-state index is 6.22. The largest absolute Gasteiger partial charge is 0.495 e. The number of methoxy groups -OCH3 is 1. The van der Waals surface area contributed by atoms with Crippen LogP contribution in [0.2, 0.25) is 10.0 Å². The van der Waals surface area contributed by atoms with Gasteiger partial charge >= 0.3 is 0 Å². The number of ether oxygens (including phenoxy) is 1. The van der Waals surface area contributed by atoms with Crippen molar-refractivity contribution in [2.45, 2.75) is 12.5 Å². The van der Waals surface area contributed by atoms with Crippen LogP contribution in [0.3, 0.4) is 0 Å². The number of hydrogen-bond donors (Lipinski definition) is 1. The van der Waals surface area contributed by atoms with Crippen molar-refractivity contribution in [2.24, 2.45) is 0 Å². The fourth-order valence-corrected chi connectivity index (χ4v) is 2.61. The quantitative estimate of drug-likeness (QED) is 0.909. The molecule has 1 N–H and O–H groups in total. The van der Waals surface area contributed by atoms with Crippen LogP contribution in [0.5, 0.6) is 5.75 Å². The van der Waals surface area contributed by atoms with Crippen LogP contribution in [0.4, 0.5) is 0 Å². The Morgan fingerprint density at radius 1 is 1.25 bits per heavy atom. The van der Waals surface area contributed by atoms with E-state index in [1.165, 1.54) is 0 Å². The van der Waals surface area contributed by atoms with E-state index in [1.807, 2.05) is 37.5 Å². The third-order valence-corrected chi connectivity index (χ3v) is 3.90. The topological polar surface area (TPSA) is 34.2 Å². The molecular weight excluding hydrogens is 295 g/mol. The fraction of sp³-hybridized carbons (Fsp3) is 0.267. The average Bonchev–Trinajstić information content (AvgIpc) is 2.47. The summed E-state index contributed by atoms with van der Waals surface area (Å²) in [6, 6.07) is 7.56. The number of nitrogens with one attached hydrogen (secondary N) is 1. The van der Waals surface area contributed by atoms with E-state index in [1.54, 1.807) is 13.3 Å². The Labute approximate surface area is 128 Å². The van der Waals surface area contributed by atoms with Crippen molar-refractivity contribution in [1.82, 2.24) is 10.3 Å². The van der Waals surface area contributed by atoms with Crippen LogP contribution >= 0.6 is 23.2 Å². The van der Waals surface area contributed by atoms with Gasteiger partial charge in [-0.2, -0.15) is 0 Å². The van der Waals surface area contributed by atoms with E-state index in [2.05, 4.69) is 10.3 Å². The molecule has 0 spiro atoms. The second kappa shape index (κ2) is 6.93. The summed E-state index contributed by atoms with van der Waals surface area (Å²) in [6.45, 7) is 0. The van der Waals surface area contributed by atoms with Crippen LogP contribution in [0.25, 0.3) is 0 Å². The smallest absolute Gasteiger partial charge is 0.137 e. The molecule has 0 saturated heterocycles. The highest BCUT2D eigenvalue weighted by Crippen LogP contribution is 2.29. The molecule has 0 fully saturated rings.